The molecule has 1 aromatic carbocycles. The molecule has 1 saturated heterocycles. The van der Waals surface area contributed by atoms with Gasteiger partial charge < -0.3 is 5.32 Å². The number of imide groups is 1. The van der Waals surface area contributed by atoms with Gasteiger partial charge in [-0.3, -0.25) is 4.79 Å². The lowest BCUT2D eigenvalue weighted by Crippen LogP contribution is -2.31. The average molecular weight is 225 g/mol. The van der Waals surface area contributed by atoms with Crippen molar-refractivity contribution in [3.05, 3.63) is 28.8 Å². The van der Waals surface area contributed by atoms with E-state index < -0.39 is 6.03 Å². The number of benzene rings is 1. The van der Waals surface area contributed by atoms with E-state index in [0.717, 1.165) is 10.5 Å². The predicted molar refractivity (Wildman–Crippen MR) is 57.1 cm³/mol. The molecule has 4 nitrogen and oxygen atoms in total. The predicted octanol–water partition coefficient (Wildman–Crippen LogP) is 1.70. The third kappa shape index (κ3) is 1.68. The molecule has 3 amide bonds. The summed E-state index contributed by atoms with van der Waals surface area (Å²) in [5.74, 6) is -0.259. The van der Waals surface area contributed by atoms with Crippen molar-refractivity contribution in [2.45, 2.75) is 6.92 Å². The van der Waals surface area contributed by atoms with Crippen molar-refractivity contribution in [3.63, 3.8) is 0 Å². The summed E-state index contributed by atoms with van der Waals surface area (Å²) in [5, 5.41) is 2.96. The van der Waals surface area contributed by atoms with Crippen LogP contribution in [0.15, 0.2) is 18.2 Å². The van der Waals surface area contributed by atoms with Crippen LogP contribution < -0.4 is 10.2 Å². The molecule has 5 heteroatoms. The Bertz CT molecular complexity index is 429. The van der Waals surface area contributed by atoms with Crippen molar-refractivity contribution in [1.82, 2.24) is 5.32 Å². The van der Waals surface area contributed by atoms with E-state index in [1.54, 1.807) is 18.2 Å². The number of amides is 3. The van der Waals surface area contributed by atoms with E-state index in [4.69, 9.17) is 11.6 Å². The van der Waals surface area contributed by atoms with Crippen molar-refractivity contribution in [2.75, 3.05) is 11.4 Å². The van der Waals surface area contributed by atoms with Crippen LogP contribution in [0.1, 0.15) is 5.56 Å². The van der Waals surface area contributed by atoms with Crippen molar-refractivity contribution in [2.24, 2.45) is 0 Å². The molecule has 15 heavy (non-hydrogen) atoms. The van der Waals surface area contributed by atoms with Crippen LogP contribution in [-0.4, -0.2) is 18.5 Å². The standard InChI is InChI=1S/C10H9ClN2O2/c1-6-2-3-7(11)4-8(6)13-9(14)5-12-10(13)15/h2-4H,5H2,1H3,(H,12,15). The fraction of sp³-hybridized carbons (Fsp3) is 0.200. The Morgan fingerprint density at radius 3 is 2.73 bits per heavy atom. The van der Waals surface area contributed by atoms with E-state index in [0.29, 0.717) is 10.7 Å². The molecule has 0 atom stereocenters. The van der Waals surface area contributed by atoms with Crippen LogP contribution in [-0.2, 0) is 4.79 Å². The number of rotatable bonds is 1. The zero-order valence-electron chi connectivity index (χ0n) is 8.08. The Hall–Kier alpha value is -1.55. The Morgan fingerprint density at radius 1 is 1.40 bits per heavy atom. The van der Waals surface area contributed by atoms with Gasteiger partial charge in [0.15, 0.2) is 0 Å². The fourth-order valence-electron chi connectivity index (χ4n) is 1.49. The van der Waals surface area contributed by atoms with E-state index in [-0.39, 0.29) is 12.5 Å². The summed E-state index contributed by atoms with van der Waals surface area (Å²) >= 11 is 5.82. The average Bonchev–Trinajstić information content (AvgIpc) is 2.51. The number of anilines is 1. The van der Waals surface area contributed by atoms with Gasteiger partial charge in [-0.15, -0.1) is 0 Å². The quantitative estimate of drug-likeness (QED) is 0.739. The third-order valence-corrected chi connectivity index (χ3v) is 2.49. The highest BCUT2D eigenvalue weighted by Gasteiger charge is 2.30. The zero-order valence-corrected chi connectivity index (χ0v) is 8.84. The first-order valence-corrected chi connectivity index (χ1v) is 4.84. The number of nitrogens with one attached hydrogen (secondary N) is 1. The molecule has 1 heterocycles. The van der Waals surface area contributed by atoms with Gasteiger partial charge in [0.2, 0.25) is 0 Å². The molecule has 1 fully saturated rings. The SMILES string of the molecule is Cc1ccc(Cl)cc1N1C(=O)CNC1=O. The van der Waals surface area contributed by atoms with Crippen LogP contribution in [0.25, 0.3) is 0 Å². The summed E-state index contributed by atoms with van der Waals surface area (Å²) in [6, 6.07) is 4.71. The number of aryl methyl sites for hydroxylation is 1. The zero-order chi connectivity index (χ0) is 11.0. The molecule has 0 aliphatic carbocycles. The number of hydrogen-bond donors (Lipinski definition) is 1. The molecule has 0 bridgehead atoms. The van der Waals surface area contributed by atoms with E-state index in [2.05, 4.69) is 5.32 Å². The molecular weight excluding hydrogens is 216 g/mol. The van der Waals surface area contributed by atoms with Gasteiger partial charge in [0.1, 0.15) is 0 Å². The van der Waals surface area contributed by atoms with Crippen molar-refractivity contribution < 1.29 is 9.59 Å². The van der Waals surface area contributed by atoms with Gasteiger partial charge in [-0.25, -0.2) is 9.69 Å². The van der Waals surface area contributed by atoms with Gasteiger partial charge in [0.25, 0.3) is 5.91 Å². The molecular formula is C10H9ClN2O2. The summed E-state index contributed by atoms with van der Waals surface area (Å²) in [6.45, 7) is 1.87. The van der Waals surface area contributed by atoms with Gasteiger partial charge >= 0.3 is 6.03 Å². The molecule has 1 aliphatic heterocycles. The van der Waals surface area contributed by atoms with Crippen LogP contribution in [0, 0.1) is 6.92 Å². The number of nitrogens with zero attached hydrogens (tertiary/aromatic N) is 1. The molecule has 1 N–H and O–H groups in total. The number of hydrogen-bond acceptors (Lipinski definition) is 2. The first-order chi connectivity index (χ1) is 7.09. The van der Waals surface area contributed by atoms with Crippen molar-refractivity contribution in [1.29, 1.82) is 0 Å². The maximum absolute atomic E-state index is 11.4. The lowest BCUT2D eigenvalue weighted by atomic mass is 10.2. The second-order valence-electron chi connectivity index (χ2n) is 3.32. The highest BCUT2D eigenvalue weighted by molar-refractivity contribution is 6.31. The molecule has 1 aliphatic rings. The molecule has 0 aromatic heterocycles. The molecule has 0 unspecified atom stereocenters. The summed E-state index contributed by atoms with van der Waals surface area (Å²) in [7, 11) is 0. The van der Waals surface area contributed by atoms with Gasteiger partial charge in [-0.2, -0.15) is 0 Å². The summed E-state index contributed by atoms with van der Waals surface area (Å²) < 4.78 is 0. The monoisotopic (exact) mass is 224 g/mol. The molecule has 1 aromatic rings. The van der Waals surface area contributed by atoms with Crippen LogP contribution in [0.4, 0.5) is 10.5 Å². The minimum atomic E-state index is -0.398. The smallest absolute Gasteiger partial charge is 0.328 e. The first kappa shape index (κ1) is 9.98. The van der Waals surface area contributed by atoms with Crippen LogP contribution >= 0.6 is 11.6 Å². The fourth-order valence-corrected chi connectivity index (χ4v) is 1.66. The lowest BCUT2D eigenvalue weighted by Gasteiger charge is -2.15. The van der Waals surface area contributed by atoms with Crippen molar-refractivity contribution >= 4 is 29.2 Å². The van der Waals surface area contributed by atoms with Crippen LogP contribution in [0.5, 0.6) is 0 Å². The maximum Gasteiger partial charge on any atom is 0.329 e. The van der Waals surface area contributed by atoms with E-state index >= 15 is 0 Å². The number of halogens is 1. The maximum atomic E-state index is 11.4. The summed E-state index contributed by atoms with van der Waals surface area (Å²) in [5.41, 5.74) is 1.38. The highest BCUT2D eigenvalue weighted by atomic mass is 35.5. The highest BCUT2D eigenvalue weighted by Crippen LogP contribution is 2.25. The van der Waals surface area contributed by atoms with Gasteiger partial charge in [-0.05, 0) is 24.6 Å². The summed E-state index contributed by atoms with van der Waals surface area (Å²) in [6.07, 6.45) is 0. The molecule has 0 radical (unpaired) electrons. The molecule has 0 saturated carbocycles. The minimum absolute atomic E-state index is 0.0464. The van der Waals surface area contributed by atoms with E-state index in [1.165, 1.54) is 0 Å². The Labute approximate surface area is 91.8 Å². The van der Waals surface area contributed by atoms with Gasteiger partial charge in [-0.1, -0.05) is 17.7 Å². The van der Waals surface area contributed by atoms with Gasteiger partial charge in [0, 0.05) is 5.02 Å². The lowest BCUT2D eigenvalue weighted by molar-refractivity contribution is -0.115. The minimum Gasteiger partial charge on any atom is -0.328 e. The largest absolute Gasteiger partial charge is 0.329 e. The van der Waals surface area contributed by atoms with Crippen LogP contribution in [0.2, 0.25) is 5.02 Å². The number of urea groups is 1. The van der Waals surface area contributed by atoms with Gasteiger partial charge in [0.05, 0.1) is 12.2 Å². The molecule has 0 spiro atoms. The van der Waals surface area contributed by atoms with Crippen LogP contribution in [0.3, 0.4) is 0 Å². The molecule has 2 rings (SSSR count). The van der Waals surface area contributed by atoms with E-state index in [9.17, 15) is 9.59 Å². The third-order valence-electron chi connectivity index (χ3n) is 2.26. The molecule has 78 valence electrons. The Kier molecular flexibility index (Phi) is 2.36. The Morgan fingerprint density at radius 2 is 2.13 bits per heavy atom. The Balaban J connectivity index is 2.48. The second kappa shape index (κ2) is 3.55. The summed E-state index contributed by atoms with van der Waals surface area (Å²) in [4.78, 5) is 24.0. The van der Waals surface area contributed by atoms with E-state index in [1.807, 2.05) is 6.92 Å². The number of carbonyl (C=O) groups is 2. The normalized spacial score (nSPS) is 15.7. The number of carbonyl (C=O) groups excluding carboxylic acids is 2. The van der Waals surface area contributed by atoms with Crippen molar-refractivity contribution in [3.8, 4) is 0 Å². The topological polar surface area (TPSA) is 49.4 Å². The first-order valence-electron chi connectivity index (χ1n) is 4.46. The second-order valence-corrected chi connectivity index (χ2v) is 3.76.